The van der Waals surface area contributed by atoms with Crippen molar-refractivity contribution in [3.63, 3.8) is 0 Å². The standard InChI is InChI=1S/C8H14O4/c1-5(8(10)11)12-7-4-2-3-6(7)9/h5-7,9H,2-4H2,1H3,(H,10,11)/t5-,6?,7?/m1/s1. The Labute approximate surface area is 71.2 Å². The van der Waals surface area contributed by atoms with E-state index in [-0.39, 0.29) is 6.10 Å². The lowest BCUT2D eigenvalue weighted by atomic mass is 10.2. The van der Waals surface area contributed by atoms with Crippen LogP contribution in [0.4, 0.5) is 0 Å². The molecule has 1 saturated carbocycles. The first-order valence-electron chi connectivity index (χ1n) is 4.17. The maximum atomic E-state index is 10.4. The molecule has 0 bridgehead atoms. The zero-order chi connectivity index (χ0) is 9.14. The number of aliphatic hydroxyl groups is 1. The Kier molecular flexibility index (Phi) is 3.05. The molecule has 0 saturated heterocycles. The molecule has 0 radical (unpaired) electrons. The van der Waals surface area contributed by atoms with Crippen molar-refractivity contribution in [3.8, 4) is 0 Å². The number of aliphatic hydroxyl groups excluding tert-OH is 1. The first-order valence-corrected chi connectivity index (χ1v) is 4.17. The fourth-order valence-corrected chi connectivity index (χ4v) is 1.39. The second-order valence-corrected chi connectivity index (χ2v) is 3.15. The van der Waals surface area contributed by atoms with Crippen LogP contribution in [0.25, 0.3) is 0 Å². The summed E-state index contributed by atoms with van der Waals surface area (Å²) in [5.74, 6) is -0.978. The summed E-state index contributed by atoms with van der Waals surface area (Å²) in [5, 5.41) is 17.8. The minimum absolute atomic E-state index is 0.281. The number of ether oxygens (including phenoxy) is 1. The van der Waals surface area contributed by atoms with E-state index in [0.717, 1.165) is 19.3 Å². The van der Waals surface area contributed by atoms with Crippen molar-refractivity contribution in [3.05, 3.63) is 0 Å². The fraction of sp³-hybridized carbons (Fsp3) is 0.875. The first kappa shape index (κ1) is 9.48. The third-order valence-electron chi connectivity index (χ3n) is 2.14. The quantitative estimate of drug-likeness (QED) is 0.649. The fourth-order valence-electron chi connectivity index (χ4n) is 1.39. The molecule has 12 heavy (non-hydrogen) atoms. The number of carboxylic acids is 1. The maximum Gasteiger partial charge on any atom is 0.332 e. The Morgan fingerprint density at radius 2 is 2.25 bits per heavy atom. The van der Waals surface area contributed by atoms with Gasteiger partial charge in [-0.1, -0.05) is 0 Å². The number of carbonyl (C=O) groups is 1. The molecule has 1 aliphatic carbocycles. The van der Waals surface area contributed by atoms with E-state index in [1.807, 2.05) is 0 Å². The average molecular weight is 174 g/mol. The van der Waals surface area contributed by atoms with Gasteiger partial charge < -0.3 is 14.9 Å². The summed E-state index contributed by atoms with van der Waals surface area (Å²) < 4.78 is 5.14. The van der Waals surface area contributed by atoms with E-state index in [4.69, 9.17) is 9.84 Å². The van der Waals surface area contributed by atoms with E-state index >= 15 is 0 Å². The Morgan fingerprint density at radius 1 is 1.58 bits per heavy atom. The van der Waals surface area contributed by atoms with Crippen molar-refractivity contribution >= 4 is 5.97 Å². The van der Waals surface area contributed by atoms with Crippen LogP contribution in [0.1, 0.15) is 26.2 Å². The molecular weight excluding hydrogens is 160 g/mol. The van der Waals surface area contributed by atoms with Crippen LogP contribution in [-0.2, 0) is 9.53 Å². The van der Waals surface area contributed by atoms with Crippen molar-refractivity contribution in [2.75, 3.05) is 0 Å². The summed E-state index contributed by atoms with van der Waals surface area (Å²) >= 11 is 0. The summed E-state index contributed by atoms with van der Waals surface area (Å²) in [5.41, 5.74) is 0. The van der Waals surface area contributed by atoms with Gasteiger partial charge in [-0.2, -0.15) is 0 Å². The molecule has 2 unspecified atom stereocenters. The predicted octanol–water partition coefficient (Wildman–Crippen LogP) is 0.389. The number of hydrogen-bond acceptors (Lipinski definition) is 3. The van der Waals surface area contributed by atoms with Gasteiger partial charge in [-0.15, -0.1) is 0 Å². The van der Waals surface area contributed by atoms with Crippen LogP contribution >= 0.6 is 0 Å². The molecule has 0 spiro atoms. The van der Waals surface area contributed by atoms with Crippen LogP contribution in [0, 0.1) is 0 Å². The molecule has 1 fully saturated rings. The van der Waals surface area contributed by atoms with E-state index in [9.17, 15) is 9.90 Å². The first-order chi connectivity index (χ1) is 5.61. The molecule has 0 aromatic carbocycles. The molecule has 4 nitrogen and oxygen atoms in total. The SMILES string of the molecule is C[C@@H](OC1CCCC1O)C(=O)O. The Bertz CT molecular complexity index is 168. The normalized spacial score (nSPS) is 31.8. The number of hydrogen-bond donors (Lipinski definition) is 2. The second kappa shape index (κ2) is 3.87. The molecular formula is C8H14O4. The van der Waals surface area contributed by atoms with E-state index < -0.39 is 18.2 Å². The van der Waals surface area contributed by atoms with Crippen LogP contribution < -0.4 is 0 Å². The van der Waals surface area contributed by atoms with Crippen molar-refractivity contribution in [1.82, 2.24) is 0 Å². The lowest BCUT2D eigenvalue weighted by molar-refractivity contribution is -0.155. The zero-order valence-corrected chi connectivity index (χ0v) is 7.06. The highest BCUT2D eigenvalue weighted by atomic mass is 16.5. The van der Waals surface area contributed by atoms with Crippen LogP contribution in [0.3, 0.4) is 0 Å². The summed E-state index contributed by atoms with van der Waals surface area (Å²) in [6.07, 6.45) is 0.819. The number of rotatable bonds is 3. The largest absolute Gasteiger partial charge is 0.479 e. The molecule has 4 heteroatoms. The van der Waals surface area contributed by atoms with Gasteiger partial charge in [0, 0.05) is 0 Å². The van der Waals surface area contributed by atoms with Gasteiger partial charge in [0.15, 0.2) is 6.10 Å². The highest BCUT2D eigenvalue weighted by Crippen LogP contribution is 2.22. The van der Waals surface area contributed by atoms with Gasteiger partial charge in [0.25, 0.3) is 0 Å². The summed E-state index contributed by atoms with van der Waals surface area (Å²) in [7, 11) is 0. The highest BCUT2D eigenvalue weighted by molar-refractivity contribution is 5.71. The molecule has 0 aromatic rings. The van der Waals surface area contributed by atoms with Crippen molar-refractivity contribution in [2.24, 2.45) is 0 Å². The molecule has 1 aliphatic rings. The maximum absolute atomic E-state index is 10.4. The minimum atomic E-state index is -0.978. The number of aliphatic carboxylic acids is 1. The van der Waals surface area contributed by atoms with Gasteiger partial charge in [-0.25, -0.2) is 4.79 Å². The monoisotopic (exact) mass is 174 g/mol. The van der Waals surface area contributed by atoms with Gasteiger partial charge in [0.05, 0.1) is 12.2 Å². The van der Waals surface area contributed by atoms with E-state index in [1.165, 1.54) is 6.92 Å². The third-order valence-corrected chi connectivity index (χ3v) is 2.14. The summed E-state index contributed by atoms with van der Waals surface area (Å²) in [6, 6.07) is 0. The molecule has 70 valence electrons. The van der Waals surface area contributed by atoms with Crippen LogP contribution in [0.5, 0.6) is 0 Å². The minimum Gasteiger partial charge on any atom is -0.479 e. The Hall–Kier alpha value is -0.610. The third kappa shape index (κ3) is 2.19. The van der Waals surface area contributed by atoms with Gasteiger partial charge in [-0.05, 0) is 26.2 Å². The van der Waals surface area contributed by atoms with Crippen LogP contribution in [0.15, 0.2) is 0 Å². The van der Waals surface area contributed by atoms with Crippen molar-refractivity contribution in [2.45, 2.75) is 44.5 Å². The van der Waals surface area contributed by atoms with Gasteiger partial charge in [0.1, 0.15) is 0 Å². The van der Waals surface area contributed by atoms with Crippen LogP contribution in [0.2, 0.25) is 0 Å². The topological polar surface area (TPSA) is 66.8 Å². The molecule has 0 amide bonds. The number of carboxylic acid groups (broad SMARTS) is 1. The zero-order valence-electron chi connectivity index (χ0n) is 7.06. The van der Waals surface area contributed by atoms with E-state index in [0.29, 0.717) is 0 Å². The Balaban J connectivity index is 2.35. The lowest BCUT2D eigenvalue weighted by Gasteiger charge is -2.18. The lowest BCUT2D eigenvalue weighted by Crippen LogP contribution is -2.31. The predicted molar refractivity (Wildman–Crippen MR) is 41.8 cm³/mol. The molecule has 0 aliphatic heterocycles. The van der Waals surface area contributed by atoms with Crippen molar-refractivity contribution < 1.29 is 19.7 Å². The van der Waals surface area contributed by atoms with Gasteiger partial charge in [-0.3, -0.25) is 0 Å². The second-order valence-electron chi connectivity index (χ2n) is 3.15. The average Bonchev–Trinajstić information content (AvgIpc) is 2.36. The highest BCUT2D eigenvalue weighted by Gasteiger charge is 2.29. The molecule has 3 atom stereocenters. The molecule has 1 rings (SSSR count). The summed E-state index contributed by atoms with van der Waals surface area (Å²) in [4.78, 5) is 10.4. The molecule has 0 aromatic heterocycles. The smallest absolute Gasteiger partial charge is 0.332 e. The van der Waals surface area contributed by atoms with Gasteiger partial charge >= 0.3 is 5.97 Å². The molecule has 0 heterocycles. The van der Waals surface area contributed by atoms with Crippen LogP contribution in [-0.4, -0.2) is 34.5 Å². The van der Waals surface area contributed by atoms with E-state index in [2.05, 4.69) is 0 Å². The van der Waals surface area contributed by atoms with Crippen molar-refractivity contribution in [1.29, 1.82) is 0 Å². The summed E-state index contributed by atoms with van der Waals surface area (Å²) in [6.45, 7) is 1.48. The van der Waals surface area contributed by atoms with Gasteiger partial charge in [0.2, 0.25) is 0 Å². The Morgan fingerprint density at radius 3 is 2.67 bits per heavy atom. The molecule has 2 N–H and O–H groups in total. The van der Waals surface area contributed by atoms with E-state index in [1.54, 1.807) is 0 Å².